The van der Waals surface area contributed by atoms with E-state index in [0.717, 1.165) is 35.6 Å². The van der Waals surface area contributed by atoms with E-state index in [2.05, 4.69) is 28.4 Å². The highest BCUT2D eigenvalue weighted by atomic mass is 16.5. The summed E-state index contributed by atoms with van der Waals surface area (Å²) in [6, 6.07) is 18.0. The number of benzene rings is 2. The molecule has 30 heavy (non-hydrogen) atoms. The third kappa shape index (κ3) is 4.19. The van der Waals surface area contributed by atoms with E-state index in [4.69, 9.17) is 13.9 Å². The van der Waals surface area contributed by atoms with Gasteiger partial charge in [-0.25, -0.2) is 0 Å². The van der Waals surface area contributed by atoms with Gasteiger partial charge in [0.05, 0.1) is 39.6 Å². The normalized spacial score (nSPS) is 16.0. The minimum atomic E-state index is -0.0379. The van der Waals surface area contributed by atoms with Crippen molar-refractivity contribution in [1.29, 1.82) is 0 Å². The predicted octanol–water partition coefficient (Wildman–Crippen LogP) is 3.56. The fourth-order valence-corrected chi connectivity index (χ4v) is 4.03. The van der Waals surface area contributed by atoms with Crippen LogP contribution in [0.3, 0.4) is 0 Å². The lowest BCUT2D eigenvalue weighted by molar-refractivity contribution is -0.123. The van der Waals surface area contributed by atoms with Gasteiger partial charge in [-0.1, -0.05) is 30.3 Å². The van der Waals surface area contributed by atoms with Gasteiger partial charge in [-0.15, -0.1) is 0 Å². The van der Waals surface area contributed by atoms with Crippen molar-refractivity contribution in [1.82, 2.24) is 10.2 Å². The highest BCUT2D eigenvalue weighted by molar-refractivity contribution is 5.78. The first-order chi connectivity index (χ1) is 14.7. The van der Waals surface area contributed by atoms with Gasteiger partial charge in [-0.05, 0) is 47.4 Å². The average Bonchev–Trinajstić information content (AvgIpc) is 3.31. The van der Waals surface area contributed by atoms with Gasteiger partial charge in [0.1, 0.15) is 5.76 Å². The zero-order valence-electron chi connectivity index (χ0n) is 17.3. The van der Waals surface area contributed by atoms with Crippen molar-refractivity contribution < 1.29 is 18.7 Å². The molecule has 6 nitrogen and oxygen atoms in total. The summed E-state index contributed by atoms with van der Waals surface area (Å²) >= 11 is 0. The van der Waals surface area contributed by atoms with Gasteiger partial charge in [0.15, 0.2) is 11.5 Å². The summed E-state index contributed by atoms with van der Waals surface area (Å²) in [6.07, 6.45) is 2.45. The number of carbonyl (C=O) groups excluding carboxylic acids is 1. The van der Waals surface area contributed by atoms with Crippen LogP contribution in [-0.2, 0) is 17.8 Å². The average molecular weight is 406 g/mol. The van der Waals surface area contributed by atoms with Crippen LogP contribution in [-0.4, -0.2) is 38.1 Å². The molecule has 1 atom stereocenters. The largest absolute Gasteiger partial charge is 0.493 e. The number of ether oxygens (including phenoxy) is 2. The molecule has 1 aliphatic rings. The van der Waals surface area contributed by atoms with Gasteiger partial charge < -0.3 is 19.2 Å². The van der Waals surface area contributed by atoms with Crippen LogP contribution >= 0.6 is 0 Å². The summed E-state index contributed by atoms with van der Waals surface area (Å²) in [6.45, 7) is 1.46. The number of hydrogen-bond acceptors (Lipinski definition) is 5. The number of methoxy groups -OCH3 is 2. The Bertz CT molecular complexity index is 986. The van der Waals surface area contributed by atoms with Gasteiger partial charge in [0.25, 0.3) is 0 Å². The molecule has 0 aliphatic carbocycles. The third-order valence-corrected chi connectivity index (χ3v) is 5.48. The summed E-state index contributed by atoms with van der Waals surface area (Å²) in [5.41, 5.74) is 3.50. The minimum Gasteiger partial charge on any atom is -0.493 e. The van der Waals surface area contributed by atoms with Crippen LogP contribution in [0.15, 0.2) is 65.3 Å². The Hall–Kier alpha value is -3.25. The maximum atomic E-state index is 12.7. The van der Waals surface area contributed by atoms with E-state index in [-0.39, 0.29) is 11.9 Å². The third-order valence-electron chi connectivity index (χ3n) is 5.48. The van der Waals surface area contributed by atoms with Crippen molar-refractivity contribution >= 4 is 5.91 Å². The first kappa shape index (κ1) is 20.0. The van der Waals surface area contributed by atoms with E-state index in [1.165, 1.54) is 5.56 Å². The molecule has 1 aromatic heterocycles. The van der Waals surface area contributed by atoms with Crippen LogP contribution in [0, 0.1) is 0 Å². The predicted molar refractivity (Wildman–Crippen MR) is 114 cm³/mol. The Morgan fingerprint density at radius 3 is 2.57 bits per heavy atom. The minimum absolute atomic E-state index is 0.0312. The van der Waals surface area contributed by atoms with Crippen LogP contribution in [0.5, 0.6) is 11.5 Å². The van der Waals surface area contributed by atoms with Crippen molar-refractivity contribution in [2.75, 3.05) is 27.3 Å². The van der Waals surface area contributed by atoms with Gasteiger partial charge >= 0.3 is 0 Å². The van der Waals surface area contributed by atoms with Crippen molar-refractivity contribution in [2.24, 2.45) is 0 Å². The number of furan rings is 1. The first-order valence-corrected chi connectivity index (χ1v) is 10.0. The molecule has 4 rings (SSSR count). The smallest absolute Gasteiger partial charge is 0.234 e. The van der Waals surface area contributed by atoms with Crippen molar-refractivity contribution in [2.45, 2.75) is 19.0 Å². The number of carbonyl (C=O) groups is 1. The molecule has 0 bridgehead atoms. The molecule has 1 aliphatic heterocycles. The highest BCUT2D eigenvalue weighted by Gasteiger charge is 2.31. The fraction of sp³-hybridized carbons (Fsp3) is 0.292. The van der Waals surface area contributed by atoms with E-state index in [9.17, 15) is 4.79 Å². The van der Waals surface area contributed by atoms with Crippen LogP contribution in [0.25, 0.3) is 0 Å². The number of nitrogens with one attached hydrogen (secondary N) is 1. The Kier molecular flexibility index (Phi) is 6.05. The summed E-state index contributed by atoms with van der Waals surface area (Å²) in [7, 11) is 3.29. The van der Waals surface area contributed by atoms with Crippen molar-refractivity contribution in [3.05, 3.63) is 83.3 Å². The van der Waals surface area contributed by atoms with E-state index in [1.807, 2.05) is 36.4 Å². The second-order valence-electron chi connectivity index (χ2n) is 7.30. The number of rotatable bonds is 7. The maximum Gasteiger partial charge on any atom is 0.234 e. The topological polar surface area (TPSA) is 63.9 Å². The standard InChI is InChI=1S/C24H26N2O4/c1-28-21-13-18-10-11-26(16-23(27)25-15-19-9-6-12-30-19)24(17-7-4-3-5-8-17)20(18)14-22(21)29-2/h3-9,12-14,24H,10-11,15-16H2,1-2H3,(H,25,27). The summed E-state index contributed by atoms with van der Waals surface area (Å²) in [5, 5.41) is 2.95. The van der Waals surface area contributed by atoms with Crippen molar-refractivity contribution in [3.8, 4) is 11.5 Å². The van der Waals surface area contributed by atoms with Gasteiger partial charge in [-0.3, -0.25) is 9.69 Å². The molecule has 1 unspecified atom stereocenters. The van der Waals surface area contributed by atoms with E-state index in [1.54, 1.807) is 20.5 Å². The molecule has 2 heterocycles. The second-order valence-corrected chi connectivity index (χ2v) is 7.30. The lowest BCUT2D eigenvalue weighted by Crippen LogP contribution is -2.43. The monoisotopic (exact) mass is 406 g/mol. The lowest BCUT2D eigenvalue weighted by Gasteiger charge is -2.37. The summed E-state index contributed by atoms with van der Waals surface area (Å²) in [4.78, 5) is 14.9. The molecule has 6 heteroatoms. The molecule has 0 saturated heterocycles. The van der Waals surface area contributed by atoms with Crippen LogP contribution in [0.1, 0.15) is 28.5 Å². The van der Waals surface area contributed by atoms with Gasteiger partial charge in [0.2, 0.25) is 5.91 Å². The number of nitrogens with zero attached hydrogens (tertiary/aromatic N) is 1. The number of fused-ring (bicyclic) bond motifs is 1. The van der Waals surface area contributed by atoms with Gasteiger partial charge in [0, 0.05) is 6.54 Å². The Balaban J connectivity index is 1.61. The zero-order valence-corrected chi connectivity index (χ0v) is 17.3. The SMILES string of the molecule is COc1cc2c(cc1OC)C(c1ccccc1)N(CC(=O)NCc1ccco1)CC2. The first-order valence-electron chi connectivity index (χ1n) is 10.0. The van der Waals surface area contributed by atoms with E-state index >= 15 is 0 Å². The molecule has 0 saturated carbocycles. The molecule has 1 amide bonds. The van der Waals surface area contributed by atoms with Gasteiger partial charge in [-0.2, -0.15) is 0 Å². The molecule has 1 N–H and O–H groups in total. The molecule has 2 aromatic carbocycles. The Labute approximate surface area is 176 Å². The fourth-order valence-electron chi connectivity index (χ4n) is 4.03. The molecule has 3 aromatic rings. The van der Waals surface area contributed by atoms with Crippen LogP contribution in [0.4, 0.5) is 0 Å². The molecule has 0 fully saturated rings. The lowest BCUT2D eigenvalue weighted by atomic mass is 9.87. The summed E-state index contributed by atoms with van der Waals surface area (Å²) in [5.74, 6) is 2.13. The van der Waals surface area contributed by atoms with Crippen LogP contribution < -0.4 is 14.8 Å². The van der Waals surface area contributed by atoms with Crippen LogP contribution in [0.2, 0.25) is 0 Å². The zero-order chi connectivity index (χ0) is 20.9. The Morgan fingerprint density at radius 1 is 1.10 bits per heavy atom. The molecule has 156 valence electrons. The second kappa shape index (κ2) is 9.05. The highest BCUT2D eigenvalue weighted by Crippen LogP contribution is 2.40. The Morgan fingerprint density at radius 2 is 1.87 bits per heavy atom. The maximum absolute atomic E-state index is 12.7. The molecular weight excluding hydrogens is 380 g/mol. The molecule has 0 radical (unpaired) electrons. The number of hydrogen-bond donors (Lipinski definition) is 1. The summed E-state index contributed by atoms with van der Waals surface area (Å²) < 4.78 is 16.3. The number of amides is 1. The quantitative estimate of drug-likeness (QED) is 0.650. The van der Waals surface area contributed by atoms with E-state index in [0.29, 0.717) is 18.8 Å². The van der Waals surface area contributed by atoms with Crippen molar-refractivity contribution in [3.63, 3.8) is 0 Å². The van der Waals surface area contributed by atoms with E-state index < -0.39 is 0 Å². The molecular formula is C24H26N2O4. The molecule has 0 spiro atoms.